The molecule has 0 aromatic heterocycles. The lowest BCUT2D eigenvalue weighted by Gasteiger charge is -2.26. The third kappa shape index (κ3) is 5.74. The van der Waals surface area contributed by atoms with Crippen LogP contribution in [0.2, 0.25) is 0 Å². The minimum absolute atomic E-state index is 0.386. The lowest BCUT2D eigenvalue weighted by Crippen LogP contribution is -2.38. The van der Waals surface area contributed by atoms with Gasteiger partial charge in [-0.2, -0.15) is 0 Å². The molecule has 5 heteroatoms. The van der Waals surface area contributed by atoms with Gasteiger partial charge in [0.05, 0.1) is 13.2 Å². The highest BCUT2D eigenvalue weighted by atomic mass is 16.5. The van der Waals surface area contributed by atoms with Crippen LogP contribution in [0.15, 0.2) is 24.3 Å². The van der Waals surface area contributed by atoms with Crippen LogP contribution in [-0.4, -0.2) is 68.4 Å². The van der Waals surface area contributed by atoms with E-state index in [1.54, 1.807) is 0 Å². The van der Waals surface area contributed by atoms with Crippen LogP contribution >= 0.6 is 0 Å². The Balaban J connectivity index is 1.39. The fourth-order valence-electron chi connectivity index (χ4n) is 3.41. The Morgan fingerprint density at radius 3 is 2.58 bits per heavy atom. The van der Waals surface area contributed by atoms with E-state index >= 15 is 0 Å². The predicted molar refractivity (Wildman–Crippen MR) is 96.3 cm³/mol. The second-order valence-electron chi connectivity index (χ2n) is 6.91. The molecule has 2 aliphatic heterocycles. The van der Waals surface area contributed by atoms with Gasteiger partial charge >= 0.3 is 0 Å². The Bertz CT molecular complexity index is 474. The molecule has 2 N–H and O–H groups in total. The Kier molecular flexibility index (Phi) is 6.90. The lowest BCUT2D eigenvalue weighted by molar-refractivity contribution is 0.0322. The number of rotatable bonds is 6. The van der Waals surface area contributed by atoms with Crippen molar-refractivity contribution < 1.29 is 9.47 Å². The smallest absolute Gasteiger partial charge is 0.119 e. The number of nitrogens with zero attached hydrogens (tertiary/aromatic N) is 2. The molecule has 2 aliphatic rings. The van der Waals surface area contributed by atoms with Crippen molar-refractivity contribution in [1.82, 2.24) is 9.80 Å². The van der Waals surface area contributed by atoms with Crippen LogP contribution in [0.1, 0.15) is 24.8 Å². The van der Waals surface area contributed by atoms with Crippen molar-refractivity contribution >= 4 is 0 Å². The van der Waals surface area contributed by atoms with Gasteiger partial charge in [0.1, 0.15) is 12.4 Å². The standard InChI is InChI=1S/C19H31N3O2/c20-18-2-1-8-22(9-7-18)16-17-3-5-19(6-4-17)24-15-12-21-10-13-23-14-11-21/h3-6,18H,1-2,7-16,20H2. The Hall–Kier alpha value is -1.14. The van der Waals surface area contributed by atoms with Gasteiger partial charge in [0.2, 0.25) is 0 Å². The predicted octanol–water partition coefficient (Wildman–Crippen LogP) is 1.71. The van der Waals surface area contributed by atoms with Gasteiger partial charge in [0.25, 0.3) is 0 Å². The Labute approximate surface area is 145 Å². The third-order valence-corrected chi connectivity index (χ3v) is 4.97. The average molecular weight is 333 g/mol. The molecule has 0 amide bonds. The van der Waals surface area contributed by atoms with Crippen LogP contribution < -0.4 is 10.5 Å². The van der Waals surface area contributed by atoms with E-state index in [4.69, 9.17) is 15.2 Å². The SMILES string of the molecule is NC1CCCN(Cc2ccc(OCCN3CCOCC3)cc2)CC1. The van der Waals surface area contributed by atoms with Gasteiger partial charge in [-0.1, -0.05) is 12.1 Å². The summed E-state index contributed by atoms with van der Waals surface area (Å²) < 4.78 is 11.2. The number of morpholine rings is 1. The van der Waals surface area contributed by atoms with Crippen LogP contribution in [-0.2, 0) is 11.3 Å². The molecule has 0 spiro atoms. The van der Waals surface area contributed by atoms with Crippen molar-refractivity contribution in [2.24, 2.45) is 5.73 Å². The summed E-state index contributed by atoms with van der Waals surface area (Å²) in [6.07, 6.45) is 3.49. The number of ether oxygens (including phenoxy) is 2. The van der Waals surface area contributed by atoms with E-state index in [9.17, 15) is 0 Å². The van der Waals surface area contributed by atoms with Crippen molar-refractivity contribution in [2.45, 2.75) is 31.8 Å². The highest BCUT2D eigenvalue weighted by Gasteiger charge is 2.14. The summed E-state index contributed by atoms with van der Waals surface area (Å²) in [5.74, 6) is 0.963. The van der Waals surface area contributed by atoms with Crippen LogP contribution in [0.3, 0.4) is 0 Å². The van der Waals surface area contributed by atoms with E-state index in [-0.39, 0.29) is 0 Å². The normalized spacial score (nSPS) is 23.8. The second kappa shape index (κ2) is 9.37. The molecule has 2 fully saturated rings. The summed E-state index contributed by atoms with van der Waals surface area (Å²) in [5.41, 5.74) is 7.41. The minimum atomic E-state index is 0.386. The molecular formula is C19H31N3O2. The third-order valence-electron chi connectivity index (χ3n) is 4.97. The van der Waals surface area contributed by atoms with Gasteiger partial charge in [-0.05, 0) is 50.0 Å². The lowest BCUT2D eigenvalue weighted by atomic mass is 10.1. The molecule has 1 aromatic carbocycles. The molecule has 1 unspecified atom stereocenters. The van der Waals surface area contributed by atoms with Gasteiger partial charge in [0, 0.05) is 32.2 Å². The molecule has 1 atom stereocenters. The molecule has 134 valence electrons. The summed E-state index contributed by atoms with van der Waals surface area (Å²) in [5, 5.41) is 0. The van der Waals surface area contributed by atoms with Crippen LogP contribution in [0, 0.1) is 0 Å². The number of benzene rings is 1. The van der Waals surface area contributed by atoms with E-state index in [1.807, 2.05) is 0 Å². The number of hydrogen-bond acceptors (Lipinski definition) is 5. The Morgan fingerprint density at radius 1 is 1.00 bits per heavy atom. The molecule has 0 radical (unpaired) electrons. The molecule has 5 nitrogen and oxygen atoms in total. The molecule has 2 heterocycles. The molecular weight excluding hydrogens is 302 g/mol. The van der Waals surface area contributed by atoms with Crippen LogP contribution in [0.25, 0.3) is 0 Å². The van der Waals surface area contributed by atoms with Gasteiger partial charge in [-0.15, -0.1) is 0 Å². The van der Waals surface area contributed by atoms with Crippen molar-refractivity contribution in [3.8, 4) is 5.75 Å². The molecule has 0 saturated carbocycles. The first-order valence-corrected chi connectivity index (χ1v) is 9.29. The zero-order valence-electron chi connectivity index (χ0n) is 14.7. The number of nitrogens with two attached hydrogens (primary N) is 1. The summed E-state index contributed by atoms with van der Waals surface area (Å²) in [7, 11) is 0. The first-order chi connectivity index (χ1) is 11.8. The molecule has 1 aromatic rings. The van der Waals surface area contributed by atoms with Gasteiger partial charge in [-0.25, -0.2) is 0 Å². The average Bonchev–Trinajstić information content (AvgIpc) is 2.82. The van der Waals surface area contributed by atoms with Crippen molar-refractivity contribution in [2.75, 3.05) is 52.5 Å². The van der Waals surface area contributed by atoms with E-state index in [0.29, 0.717) is 6.04 Å². The summed E-state index contributed by atoms with van der Waals surface area (Å²) in [6.45, 7) is 8.71. The van der Waals surface area contributed by atoms with Crippen molar-refractivity contribution in [3.63, 3.8) is 0 Å². The first-order valence-electron chi connectivity index (χ1n) is 9.29. The zero-order chi connectivity index (χ0) is 16.6. The minimum Gasteiger partial charge on any atom is -0.492 e. The summed E-state index contributed by atoms with van der Waals surface area (Å²) in [4.78, 5) is 4.91. The van der Waals surface area contributed by atoms with Crippen molar-refractivity contribution in [3.05, 3.63) is 29.8 Å². The largest absolute Gasteiger partial charge is 0.492 e. The fraction of sp³-hybridized carbons (Fsp3) is 0.684. The van der Waals surface area contributed by atoms with Gasteiger partial charge < -0.3 is 15.2 Å². The molecule has 0 bridgehead atoms. The van der Waals surface area contributed by atoms with Crippen LogP contribution in [0.5, 0.6) is 5.75 Å². The van der Waals surface area contributed by atoms with Crippen LogP contribution in [0.4, 0.5) is 0 Å². The highest BCUT2D eigenvalue weighted by Crippen LogP contribution is 2.16. The van der Waals surface area contributed by atoms with Gasteiger partial charge in [0.15, 0.2) is 0 Å². The monoisotopic (exact) mass is 333 g/mol. The second-order valence-corrected chi connectivity index (χ2v) is 6.91. The summed E-state index contributed by atoms with van der Waals surface area (Å²) >= 11 is 0. The first kappa shape index (κ1) is 17.7. The topological polar surface area (TPSA) is 51.0 Å². The molecule has 2 saturated heterocycles. The zero-order valence-corrected chi connectivity index (χ0v) is 14.7. The van der Waals surface area contributed by atoms with E-state index < -0.39 is 0 Å². The summed E-state index contributed by atoms with van der Waals surface area (Å²) in [6, 6.07) is 8.96. The van der Waals surface area contributed by atoms with Crippen molar-refractivity contribution in [1.29, 1.82) is 0 Å². The maximum Gasteiger partial charge on any atom is 0.119 e. The maximum atomic E-state index is 6.06. The van der Waals surface area contributed by atoms with E-state index in [0.717, 1.165) is 77.7 Å². The quantitative estimate of drug-likeness (QED) is 0.859. The molecule has 24 heavy (non-hydrogen) atoms. The van der Waals surface area contributed by atoms with Gasteiger partial charge in [-0.3, -0.25) is 9.80 Å². The maximum absolute atomic E-state index is 6.06. The molecule has 3 rings (SSSR count). The fourth-order valence-corrected chi connectivity index (χ4v) is 3.41. The molecule has 0 aliphatic carbocycles. The Morgan fingerprint density at radius 2 is 1.79 bits per heavy atom. The van der Waals surface area contributed by atoms with E-state index in [2.05, 4.69) is 34.1 Å². The number of likely N-dealkylation sites (tertiary alicyclic amines) is 1. The highest BCUT2D eigenvalue weighted by molar-refractivity contribution is 5.27. The number of hydrogen-bond donors (Lipinski definition) is 1. The van der Waals surface area contributed by atoms with E-state index in [1.165, 1.54) is 12.0 Å².